The highest BCUT2D eigenvalue weighted by Gasteiger charge is 2.38. The van der Waals surface area contributed by atoms with E-state index < -0.39 is 22.0 Å². The minimum Gasteiger partial charge on any atom is -0.476 e. The number of amides is 1. The number of thioether (sulfide) groups is 1. The van der Waals surface area contributed by atoms with Crippen molar-refractivity contribution < 1.29 is 17.9 Å². The zero-order chi connectivity index (χ0) is 23.6. The molecule has 0 fully saturated rings. The molecular weight excluding hydrogens is 480 g/mol. The molecule has 1 atom stereocenters. The largest absolute Gasteiger partial charge is 0.476 e. The molecule has 0 saturated heterocycles. The number of benzene rings is 2. The van der Waals surface area contributed by atoms with Gasteiger partial charge in [-0.05, 0) is 42.7 Å². The molecule has 0 aliphatic carbocycles. The van der Waals surface area contributed by atoms with Crippen LogP contribution in [0.2, 0.25) is 0 Å². The van der Waals surface area contributed by atoms with E-state index in [0.717, 1.165) is 15.7 Å². The molecule has 1 N–H and O–H groups in total. The smallest absolute Gasteiger partial charge is 0.269 e. The highest BCUT2D eigenvalue weighted by molar-refractivity contribution is 8.01. The number of fused-ring (bicyclic) bond motifs is 1. The molecule has 174 valence electrons. The van der Waals surface area contributed by atoms with E-state index in [2.05, 4.69) is 29.4 Å². The van der Waals surface area contributed by atoms with Gasteiger partial charge in [0.15, 0.2) is 10.4 Å². The Balaban J connectivity index is 1.58. The molecule has 1 unspecified atom stereocenters. The third-order valence-corrected chi connectivity index (χ3v) is 8.98. The predicted molar refractivity (Wildman–Crippen MR) is 131 cm³/mol. The van der Waals surface area contributed by atoms with E-state index in [4.69, 9.17) is 4.74 Å². The van der Waals surface area contributed by atoms with Crippen LogP contribution in [-0.2, 0) is 14.8 Å². The summed E-state index contributed by atoms with van der Waals surface area (Å²) < 4.78 is 34.8. The van der Waals surface area contributed by atoms with Crippen LogP contribution in [0.1, 0.15) is 19.4 Å². The maximum atomic E-state index is 13.4. The van der Waals surface area contributed by atoms with E-state index in [1.54, 1.807) is 42.1 Å². The number of aryl methyl sites for hydroxylation is 1. The summed E-state index contributed by atoms with van der Waals surface area (Å²) in [5.41, 5.74) is 1.29. The average Bonchev–Trinajstić information content (AvgIpc) is 3.24. The summed E-state index contributed by atoms with van der Waals surface area (Å²) in [6.07, 6.45) is -1.05. The van der Waals surface area contributed by atoms with Crippen molar-refractivity contribution in [3.8, 4) is 5.75 Å². The second-order valence-corrected chi connectivity index (χ2v) is 12.1. The van der Waals surface area contributed by atoms with Gasteiger partial charge < -0.3 is 4.74 Å². The molecule has 0 spiro atoms. The zero-order valence-corrected chi connectivity index (χ0v) is 20.8. The number of hydrogen-bond acceptors (Lipinski definition) is 8. The number of nitrogens with one attached hydrogen (secondary N) is 1. The minimum absolute atomic E-state index is 0.148. The Morgan fingerprint density at radius 3 is 2.73 bits per heavy atom. The average molecular weight is 505 g/mol. The molecule has 11 heteroatoms. The minimum atomic E-state index is -3.90. The number of sulfonamides is 1. The molecule has 1 aliphatic heterocycles. The van der Waals surface area contributed by atoms with Gasteiger partial charge in [0.05, 0.1) is 17.1 Å². The first-order valence-corrected chi connectivity index (χ1v) is 13.6. The summed E-state index contributed by atoms with van der Waals surface area (Å²) in [6.45, 7) is 5.95. The SMILES string of the molecule is Cc1ccc2c(c1)N(S(=O)(=O)c1ccccc1)CC(C(=O)Nc1nnc(SCC(C)C)s1)O2. The van der Waals surface area contributed by atoms with Gasteiger partial charge in [0.25, 0.3) is 15.9 Å². The summed E-state index contributed by atoms with van der Waals surface area (Å²) in [7, 11) is -3.90. The van der Waals surface area contributed by atoms with Gasteiger partial charge >= 0.3 is 0 Å². The number of carbonyl (C=O) groups is 1. The van der Waals surface area contributed by atoms with Crippen molar-refractivity contribution in [2.45, 2.75) is 36.1 Å². The Kier molecular flexibility index (Phi) is 6.91. The lowest BCUT2D eigenvalue weighted by molar-refractivity contribution is -0.122. The molecule has 33 heavy (non-hydrogen) atoms. The van der Waals surface area contributed by atoms with E-state index in [9.17, 15) is 13.2 Å². The van der Waals surface area contributed by atoms with Gasteiger partial charge in [-0.3, -0.25) is 14.4 Å². The lowest BCUT2D eigenvalue weighted by Gasteiger charge is -2.34. The quantitative estimate of drug-likeness (QED) is 0.380. The summed E-state index contributed by atoms with van der Waals surface area (Å²) in [5, 5.41) is 11.2. The summed E-state index contributed by atoms with van der Waals surface area (Å²) in [6, 6.07) is 13.4. The van der Waals surface area contributed by atoms with Gasteiger partial charge in [-0.2, -0.15) is 0 Å². The van der Waals surface area contributed by atoms with Gasteiger partial charge in [-0.15, -0.1) is 10.2 Å². The Labute approximate surface area is 201 Å². The lowest BCUT2D eigenvalue weighted by Crippen LogP contribution is -2.48. The van der Waals surface area contributed by atoms with Crippen LogP contribution in [0, 0.1) is 12.8 Å². The number of aromatic nitrogens is 2. The molecule has 0 saturated carbocycles. The Hall–Kier alpha value is -2.63. The van der Waals surface area contributed by atoms with Crippen molar-refractivity contribution in [2.24, 2.45) is 5.92 Å². The van der Waals surface area contributed by atoms with Crippen molar-refractivity contribution in [2.75, 3.05) is 21.9 Å². The van der Waals surface area contributed by atoms with Crippen molar-refractivity contribution in [1.82, 2.24) is 10.2 Å². The maximum absolute atomic E-state index is 13.4. The molecule has 2 aromatic carbocycles. The normalized spacial score (nSPS) is 15.8. The molecule has 1 amide bonds. The second kappa shape index (κ2) is 9.70. The molecule has 4 rings (SSSR count). The van der Waals surface area contributed by atoms with E-state index >= 15 is 0 Å². The van der Waals surface area contributed by atoms with Crippen LogP contribution in [0.5, 0.6) is 5.75 Å². The monoisotopic (exact) mass is 504 g/mol. The van der Waals surface area contributed by atoms with Crippen LogP contribution < -0.4 is 14.4 Å². The third-order valence-electron chi connectivity index (χ3n) is 4.78. The second-order valence-electron chi connectivity index (χ2n) is 7.99. The number of carbonyl (C=O) groups excluding carboxylic acids is 1. The van der Waals surface area contributed by atoms with Crippen LogP contribution in [0.4, 0.5) is 10.8 Å². The highest BCUT2D eigenvalue weighted by Crippen LogP contribution is 2.38. The maximum Gasteiger partial charge on any atom is 0.269 e. The van der Waals surface area contributed by atoms with Crippen LogP contribution in [0.15, 0.2) is 57.8 Å². The van der Waals surface area contributed by atoms with Gasteiger partial charge in [-0.25, -0.2) is 8.42 Å². The van der Waals surface area contributed by atoms with Gasteiger partial charge in [-0.1, -0.05) is 61.2 Å². The number of nitrogens with zero attached hydrogens (tertiary/aromatic N) is 3. The van der Waals surface area contributed by atoms with Crippen molar-refractivity contribution in [1.29, 1.82) is 0 Å². The standard InChI is InChI=1S/C22H24N4O4S3/c1-14(2)13-31-22-25-24-21(32-22)23-20(27)19-12-26(17-11-15(3)9-10-18(17)30-19)33(28,29)16-7-5-4-6-8-16/h4-11,14,19H,12-13H2,1-3H3,(H,23,24,27). The molecule has 3 aromatic rings. The van der Waals surface area contributed by atoms with Crippen molar-refractivity contribution >= 4 is 49.8 Å². The Bertz CT molecular complexity index is 1250. The molecule has 8 nitrogen and oxygen atoms in total. The first-order valence-electron chi connectivity index (χ1n) is 10.4. The number of rotatable bonds is 7. The fourth-order valence-corrected chi connectivity index (χ4v) is 6.41. The van der Waals surface area contributed by atoms with E-state index in [1.807, 2.05) is 13.0 Å². The molecule has 1 aliphatic rings. The fraction of sp³-hybridized carbons (Fsp3) is 0.318. The summed E-state index contributed by atoms with van der Waals surface area (Å²) in [4.78, 5) is 13.2. The summed E-state index contributed by atoms with van der Waals surface area (Å²) >= 11 is 2.86. The van der Waals surface area contributed by atoms with E-state index in [-0.39, 0.29) is 11.4 Å². The molecule has 0 radical (unpaired) electrons. The van der Waals surface area contributed by atoms with Crippen LogP contribution >= 0.6 is 23.1 Å². The van der Waals surface area contributed by atoms with Gasteiger partial charge in [0.1, 0.15) is 5.75 Å². The van der Waals surface area contributed by atoms with E-state index in [0.29, 0.717) is 22.5 Å². The first kappa shape index (κ1) is 23.5. The van der Waals surface area contributed by atoms with Crippen LogP contribution in [-0.4, -0.2) is 42.9 Å². The van der Waals surface area contributed by atoms with E-state index in [1.165, 1.54) is 27.8 Å². The van der Waals surface area contributed by atoms with Crippen molar-refractivity contribution in [3.05, 3.63) is 54.1 Å². The molecule has 0 bridgehead atoms. The molecule has 2 heterocycles. The number of hydrogen-bond donors (Lipinski definition) is 1. The third kappa shape index (κ3) is 5.31. The van der Waals surface area contributed by atoms with Crippen LogP contribution in [0.25, 0.3) is 0 Å². The predicted octanol–water partition coefficient (Wildman–Crippen LogP) is 4.19. The first-order chi connectivity index (χ1) is 15.7. The van der Waals surface area contributed by atoms with Gasteiger partial charge in [0, 0.05) is 5.75 Å². The number of anilines is 2. The molecule has 1 aromatic heterocycles. The zero-order valence-electron chi connectivity index (χ0n) is 18.4. The van der Waals surface area contributed by atoms with Crippen molar-refractivity contribution in [3.63, 3.8) is 0 Å². The highest BCUT2D eigenvalue weighted by atomic mass is 32.2. The molecular formula is C22H24N4O4S3. The number of ether oxygens (including phenoxy) is 1. The Morgan fingerprint density at radius 1 is 1.24 bits per heavy atom. The van der Waals surface area contributed by atoms with Gasteiger partial charge in [0.2, 0.25) is 5.13 Å². The lowest BCUT2D eigenvalue weighted by atomic mass is 10.1. The fourth-order valence-electron chi connectivity index (χ4n) is 3.19. The Morgan fingerprint density at radius 2 is 2.00 bits per heavy atom. The topological polar surface area (TPSA) is 101 Å². The summed E-state index contributed by atoms with van der Waals surface area (Å²) in [5.74, 6) is 1.26. The van der Waals surface area contributed by atoms with Crippen LogP contribution in [0.3, 0.4) is 0 Å².